The first-order valence-corrected chi connectivity index (χ1v) is 7.52. The normalized spacial score (nSPS) is 27.2. The summed E-state index contributed by atoms with van der Waals surface area (Å²) in [6.07, 6.45) is 5.94. The molecule has 5 nitrogen and oxygen atoms in total. The first-order valence-electron chi connectivity index (χ1n) is 7.52. The molecule has 2 rings (SSSR count). The number of nitrogens with one attached hydrogen (secondary N) is 2. The number of carbonyl (C=O) groups is 1. The molecule has 2 saturated heterocycles. The van der Waals surface area contributed by atoms with E-state index < -0.39 is 0 Å². The Morgan fingerprint density at radius 2 is 2.26 bits per heavy atom. The highest BCUT2D eigenvalue weighted by atomic mass is 16.5. The number of nitrogens with zero attached hydrogens (tertiary/aromatic N) is 1. The number of hydrogen-bond acceptors (Lipinski definition) is 4. The summed E-state index contributed by atoms with van der Waals surface area (Å²) in [5.74, 6) is 0.102. The van der Waals surface area contributed by atoms with Crippen LogP contribution in [0.15, 0.2) is 0 Å². The number of amides is 1. The summed E-state index contributed by atoms with van der Waals surface area (Å²) in [6, 6.07) is 1.28. The molecule has 19 heavy (non-hydrogen) atoms. The van der Waals surface area contributed by atoms with Gasteiger partial charge in [0, 0.05) is 32.3 Å². The fourth-order valence-electron chi connectivity index (χ4n) is 3.15. The Balaban J connectivity index is 1.56. The molecule has 2 aliphatic heterocycles. The van der Waals surface area contributed by atoms with Gasteiger partial charge in [0.2, 0.25) is 5.91 Å². The number of rotatable bonds is 7. The molecule has 5 heteroatoms. The number of fused-ring (bicyclic) bond motifs is 1. The van der Waals surface area contributed by atoms with Crippen LogP contribution in [0, 0.1) is 0 Å². The summed E-state index contributed by atoms with van der Waals surface area (Å²) in [5.41, 5.74) is 0. The van der Waals surface area contributed by atoms with Gasteiger partial charge < -0.3 is 20.3 Å². The number of ether oxygens (including phenoxy) is 1. The maximum Gasteiger partial charge on any atom is 0.233 e. The molecular weight excluding hydrogens is 242 g/mol. The molecule has 0 aliphatic carbocycles. The third-order valence-corrected chi connectivity index (χ3v) is 4.22. The van der Waals surface area contributed by atoms with Gasteiger partial charge in [-0.1, -0.05) is 0 Å². The van der Waals surface area contributed by atoms with E-state index in [1.165, 1.54) is 38.8 Å². The Kier molecular flexibility index (Phi) is 6.07. The van der Waals surface area contributed by atoms with E-state index in [-0.39, 0.29) is 5.91 Å². The van der Waals surface area contributed by atoms with Crippen LogP contribution in [0.3, 0.4) is 0 Å². The van der Waals surface area contributed by atoms with Crippen molar-refractivity contribution in [2.24, 2.45) is 0 Å². The Morgan fingerprint density at radius 1 is 1.37 bits per heavy atom. The maximum absolute atomic E-state index is 11.7. The molecule has 1 amide bonds. The summed E-state index contributed by atoms with van der Waals surface area (Å²) in [7, 11) is 1.68. The van der Waals surface area contributed by atoms with E-state index in [9.17, 15) is 4.79 Å². The predicted octanol–water partition coefficient (Wildman–Crippen LogP) is 0.356. The zero-order valence-corrected chi connectivity index (χ0v) is 12.0. The SMILES string of the molecule is COCCCNC(=O)CNC1CCN2CCCC2C1. The van der Waals surface area contributed by atoms with Crippen LogP contribution < -0.4 is 10.6 Å². The van der Waals surface area contributed by atoms with Gasteiger partial charge in [-0.05, 0) is 45.2 Å². The molecule has 0 bridgehead atoms. The summed E-state index contributed by atoms with van der Waals surface area (Å²) in [6.45, 7) is 4.32. The van der Waals surface area contributed by atoms with E-state index >= 15 is 0 Å². The van der Waals surface area contributed by atoms with Crippen LogP contribution in [-0.4, -0.2) is 62.8 Å². The van der Waals surface area contributed by atoms with Gasteiger partial charge in [-0.25, -0.2) is 0 Å². The lowest BCUT2D eigenvalue weighted by Gasteiger charge is -2.35. The van der Waals surface area contributed by atoms with Crippen LogP contribution >= 0.6 is 0 Å². The number of piperidine rings is 1. The van der Waals surface area contributed by atoms with Gasteiger partial charge in [-0.2, -0.15) is 0 Å². The Morgan fingerprint density at radius 3 is 3.11 bits per heavy atom. The quantitative estimate of drug-likeness (QED) is 0.655. The molecule has 110 valence electrons. The van der Waals surface area contributed by atoms with E-state index in [1.54, 1.807) is 7.11 Å². The van der Waals surface area contributed by atoms with Gasteiger partial charge >= 0.3 is 0 Å². The standard InChI is InChI=1S/C14H27N3O2/c1-19-9-3-6-15-14(18)11-16-12-5-8-17-7-2-4-13(17)10-12/h12-13,16H,2-11H2,1H3,(H,15,18). The Bertz CT molecular complexity index is 286. The zero-order chi connectivity index (χ0) is 13.5. The molecular formula is C14H27N3O2. The third-order valence-electron chi connectivity index (χ3n) is 4.22. The van der Waals surface area contributed by atoms with Crippen LogP contribution in [0.25, 0.3) is 0 Å². The lowest BCUT2D eigenvalue weighted by Crippen LogP contribution is -2.48. The molecule has 2 fully saturated rings. The highest BCUT2D eigenvalue weighted by Gasteiger charge is 2.31. The lowest BCUT2D eigenvalue weighted by atomic mass is 9.97. The number of hydrogen-bond donors (Lipinski definition) is 2. The molecule has 0 aromatic rings. The van der Waals surface area contributed by atoms with E-state index in [2.05, 4.69) is 15.5 Å². The van der Waals surface area contributed by atoms with E-state index in [4.69, 9.17) is 4.74 Å². The van der Waals surface area contributed by atoms with Crippen LogP contribution in [-0.2, 0) is 9.53 Å². The number of methoxy groups -OCH3 is 1. The van der Waals surface area contributed by atoms with E-state index in [0.29, 0.717) is 25.7 Å². The average Bonchev–Trinajstić information content (AvgIpc) is 2.89. The minimum Gasteiger partial charge on any atom is -0.385 e. The summed E-state index contributed by atoms with van der Waals surface area (Å²) in [5, 5.41) is 6.32. The summed E-state index contributed by atoms with van der Waals surface area (Å²) >= 11 is 0. The van der Waals surface area contributed by atoms with Crippen molar-refractivity contribution in [1.29, 1.82) is 0 Å². The fraction of sp³-hybridized carbons (Fsp3) is 0.929. The Labute approximate surface area is 116 Å². The second-order valence-electron chi connectivity index (χ2n) is 5.63. The topological polar surface area (TPSA) is 53.6 Å². The smallest absolute Gasteiger partial charge is 0.233 e. The van der Waals surface area contributed by atoms with Crippen LogP contribution in [0.5, 0.6) is 0 Å². The van der Waals surface area contributed by atoms with E-state index in [1.807, 2.05) is 0 Å². The monoisotopic (exact) mass is 269 g/mol. The molecule has 0 aromatic heterocycles. The van der Waals surface area contributed by atoms with Crippen molar-refractivity contribution in [3.05, 3.63) is 0 Å². The summed E-state index contributed by atoms with van der Waals surface area (Å²) < 4.78 is 4.95. The highest BCUT2D eigenvalue weighted by molar-refractivity contribution is 5.77. The van der Waals surface area contributed by atoms with Crippen molar-refractivity contribution in [1.82, 2.24) is 15.5 Å². The van der Waals surface area contributed by atoms with Crippen LogP contribution in [0.4, 0.5) is 0 Å². The van der Waals surface area contributed by atoms with Gasteiger partial charge in [0.15, 0.2) is 0 Å². The maximum atomic E-state index is 11.7. The summed E-state index contributed by atoms with van der Waals surface area (Å²) in [4.78, 5) is 14.3. The van der Waals surface area contributed by atoms with Gasteiger partial charge in [0.1, 0.15) is 0 Å². The Hall–Kier alpha value is -0.650. The molecule has 0 spiro atoms. The first kappa shape index (κ1) is 14.8. The number of carbonyl (C=O) groups excluding carboxylic acids is 1. The van der Waals surface area contributed by atoms with Crippen molar-refractivity contribution >= 4 is 5.91 Å². The van der Waals surface area contributed by atoms with Gasteiger partial charge in [0.05, 0.1) is 6.54 Å². The molecule has 0 saturated carbocycles. The predicted molar refractivity (Wildman–Crippen MR) is 75.1 cm³/mol. The van der Waals surface area contributed by atoms with Crippen molar-refractivity contribution in [3.8, 4) is 0 Å². The van der Waals surface area contributed by atoms with Gasteiger partial charge in [-0.3, -0.25) is 4.79 Å². The van der Waals surface area contributed by atoms with Gasteiger partial charge in [-0.15, -0.1) is 0 Å². The molecule has 2 heterocycles. The third kappa shape index (κ3) is 4.75. The van der Waals surface area contributed by atoms with Crippen molar-refractivity contribution in [2.45, 2.75) is 44.2 Å². The zero-order valence-electron chi connectivity index (χ0n) is 12.0. The molecule has 2 aliphatic rings. The minimum absolute atomic E-state index is 0.102. The highest BCUT2D eigenvalue weighted by Crippen LogP contribution is 2.26. The van der Waals surface area contributed by atoms with Crippen molar-refractivity contribution < 1.29 is 9.53 Å². The fourth-order valence-corrected chi connectivity index (χ4v) is 3.15. The van der Waals surface area contributed by atoms with Crippen molar-refractivity contribution in [2.75, 3.05) is 39.9 Å². The van der Waals surface area contributed by atoms with Gasteiger partial charge in [0.25, 0.3) is 0 Å². The first-order chi connectivity index (χ1) is 9.29. The van der Waals surface area contributed by atoms with Crippen molar-refractivity contribution in [3.63, 3.8) is 0 Å². The lowest BCUT2D eigenvalue weighted by molar-refractivity contribution is -0.120. The molecule has 2 N–H and O–H groups in total. The second kappa shape index (κ2) is 7.82. The molecule has 2 unspecified atom stereocenters. The molecule has 0 radical (unpaired) electrons. The molecule has 0 aromatic carbocycles. The molecule has 2 atom stereocenters. The second-order valence-corrected chi connectivity index (χ2v) is 5.63. The van der Waals surface area contributed by atoms with E-state index in [0.717, 1.165) is 12.5 Å². The minimum atomic E-state index is 0.102. The van der Waals surface area contributed by atoms with Crippen LogP contribution in [0.1, 0.15) is 32.1 Å². The van der Waals surface area contributed by atoms with Crippen LogP contribution in [0.2, 0.25) is 0 Å². The average molecular weight is 269 g/mol. The largest absolute Gasteiger partial charge is 0.385 e.